The monoisotopic (exact) mass is 321 g/mol. The van der Waals surface area contributed by atoms with E-state index in [1.54, 1.807) is 14.0 Å². The highest BCUT2D eigenvalue weighted by Gasteiger charge is 2.15. The molecule has 22 heavy (non-hydrogen) atoms. The summed E-state index contributed by atoms with van der Waals surface area (Å²) in [4.78, 5) is 12.0. The maximum atomic E-state index is 12.0. The van der Waals surface area contributed by atoms with E-state index in [1.807, 2.05) is 31.2 Å². The fourth-order valence-corrected chi connectivity index (χ4v) is 2.40. The topological polar surface area (TPSA) is 73.3 Å². The van der Waals surface area contributed by atoms with Gasteiger partial charge in [0.2, 0.25) is 5.13 Å². The first-order chi connectivity index (χ1) is 10.6. The lowest BCUT2D eigenvalue weighted by Gasteiger charge is -2.12. The van der Waals surface area contributed by atoms with Gasteiger partial charge in [-0.05, 0) is 31.0 Å². The van der Waals surface area contributed by atoms with E-state index < -0.39 is 6.10 Å². The molecule has 1 unspecified atom stereocenters. The number of hydrogen-bond donors (Lipinski definition) is 1. The van der Waals surface area contributed by atoms with Gasteiger partial charge in [-0.15, -0.1) is 10.2 Å². The Morgan fingerprint density at radius 3 is 2.91 bits per heavy atom. The Hall–Kier alpha value is -1.99. The lowest BCUT2D eigenvalue weighted by atomic mass is 10.2. The third-order valence-corrected chi connectivity index (χ3v) is 3.99. The van der Waals surface area contributed by atoms with E-state index in [1.165, 1.54) is 11.3 Å². The number of anilines is 1. The van der Waals surface area contributed by atoms with Crippen LogP contribution in [0.2, 0.25) is 0 Å². The standard InChI is InChI=1S/C15H19N3O3S/c1-4-13-17-18-15(22-13)16-14(19)10(2)21-9-11-6-5-7-12(8-11)20-3/h5-8,10H,4,9H2,1-3H3,(H,16,18,19). The molecule has 0 aliphatic heterocycles. The van der Waals surface area contributed by atoms with Crippen LogP contribution in [0, 0.1) is 0 Å². The lowest BCUT2D eigenvalue weighted by molar-refractivity contribution is -0.127. The maximum absolute atomic E-state index is 12.0. The van der Waals surface area contributed by atoms with Gasteiger partial charge in [0.1, 0.15) is 16.9 Å². The molecule has 1 aromatic heterocycles. The third kappa shape index (κ3) is 4.51. The first-order valence-electron chi connectivity index (χ1n) is 7.00. The van der Waals surface area contributed by atoms with Crippen LogP contribution in [-0.4, -0.2) is 29.3 Å². The van der Waals surface area contributed by atoms with Crippen molar-refractivity contribution in [3.8, 4) is 5.75 Å². The van der Waals surface area contributed by atoms with E-state index in [4.69, 9.17) is 9.47 Å². The quantitative estimate of drug-likeness (QED) is 0.848. The molecule has 0 saturated heterocycles. The molecule has 2 aromatic rings. The molecule has 0 spiro atoms. The second-order valence-corrected chi connectivity index (χ2v) is 5.71. The molecule has 1 aromatic carbocycles. The second kappa shape index (κ2) is 7.86. The maximum Gasteiger partial charge on any atom is 0.255 e. The second-order valence-electron chi connectivity index (χ2n) is 4.65. The van der Waals surface area contributed by atoms with Crippen molar-refractivity contribution in [2.45, 2.75) is 33.0 Å². The number of aryl methyl sites for hydroxylation is 1. The van der Waals surface area contributed by atoms with Gasteiger partial charge in [-0.2, -0.15) is 0 Å². The fourth-order valence-electron chi connectivity index (χ4n) is 1.71. The number of nitrogens with zero attached hydrogens (tertiary/aromatic N) is 2. The van der Waals surface area contributed by atoms with Gasteiger partial charge in [0.15, 0.2) is 0 Å². The van der Waals surface area contributed by atoms with Gasteiger partial charge in [-0.3, -0.25) is 10.1 Å². The first-order valence-corrected chi connectivity index (χ1v) is 7.81. The number of nitrogens with one attached hydrogen (secondary N) is 1. The van der Waals surface area contributed by atoms with Crippen LogP contribution in [0.5, 0.6) is 5.75 Å². The van der Waals surface area contributed by atoms with Crippen molar-refractivity contribution in [3.63, 3.8) is 0 Å². The number of rotatable bonds is 7. The first kappa shape index (κ1) is 16.4. The molecule has 7 heteroatoms. The number of carbonyl (C=O) groups is 1. The van der Waals surface area contributed by atoms with Gasteiger partial charge >= 0.3 is 0 Å². The van der Waals surface area contributed by atoms with Crippen molar-refractivity contribution >= 4 is 22.4 Å². The minimum Gasteiger partial charge on any atom is -0.497 e. The SMILES string of the molecule is CCc1nnc(NC(=O)C(C)OCc2cccc(OC)c2)s1. The molecular weight excluding hydrogens is 302 g/mol. The molecule has 0 fully saturated rings. The molecule has 0 aliphatic rings. The smallest absolute Gasteiger partial charge is 0.255 e. The van der Waals surface area contributed by atoms with Crippen LogP contribution >= 0.6 is 11.3 Å². The molecule has 0 radical (unpaired) electrons. The summed E-state index contributed by atoms with van der Waals surface area (Å²) < 4.78 is 10.7. The molecule has 118 valence electrons. The summed E-state index contributed by atoms with van der Waals surface area (Å²) in [5.74, 6) is 0.529. The molecule has 6 nitrogen and oxygen atoms in total. The summed E-state index contributed by atoms with van der Waals surface area (Å²) in [6.07, 6.45) is 0.218. The number of amides is 1. The van der Waals surface area contributed by atoms with Gasteiger partial charge in [-0.25, -0.2) is 0 Å². The van der Waals surface area contributed by atoms with Crippen LogP contribution in [0.25, 0.3) is 0 Å². The van der Waals surface area contributed by atoms with Crippen molar-refractivity contribution in [1.29, 1.82) is 0 Å². The molecule has 1 N–H and O–H groups in total. The Morgan fingerprint density at radius 1 is 1.41 bits per heavy atom. The van der Waals surface area contributed by atoms with Crippen molar-refractivity contribution in [1.82, 2.24) is 10.2 Å². The summed E-state index contributed by atoms with van der Waals surface area (Å²) in [6.45, 7) is 4.03. The summed E-state index contributed by atoms with van der Waals surface area (Å²) in [6, 6.07) is 7.55. The molecule has 2 rings (SSSR count). The van der Waals surface area contributed by atoms with Crippen molar-refractivity contribution in [2.75, 3.05) is 12.4 Å². The van der Waals surface area contributed by atoms with Gasteiger partial charge in [0.05, 0.1) is 13.7 Å². The number of ether oxygens (including phenoxy) is 2. The normalized spacial score (nSPS) is 12.0. The molecule has 1 heterocycles. The minimum atomic E-state index is -0.583. The molecule has 0 aliphatic carbocycles. The van der Waals surface area contributed by atoms with Gasteiger partial charge in [0, 0.05) is 0 Å². The van der Waals surface area contributed by atoms with Crippen molar-refractivity contribution < 1.29 is 14.3 Å². The van der Waals surface area contributed by atoms with Crippen LogP contribution in [0.4, 0.5) is 5.13 Å². The number of hydrogen-bond acceptors (Lipinski definition) is 6. The van der Waals surface area contributed by atoms with Gasteiger partial charge < -0.3 is 9.47 Å². The summed E-state index contributed by atoms with van der Waals surface area (Å²) in [5.41, 5.74) is 0.947. The number of methoxy groups -OCH3 is 1. The van der Waals surface area contributed by atoms with E-state index in [0.29, 0.717) is 11.7 Å². The predicted molar refractivity (Wildman–Crippen MR) is 85.2 cm³/mol. The minimum absolute atomic E-state index is 0.235. The van der Waals surface area contributed by atoms with Crippen LogP contribution < -0.4 is 10.1 Å². The Balaban J connectivity index is 1.85. The van der Waals surface area contributed by atoms with E-state index in [9.17, 15) is 4.79 Å². The zero-order valence-corrected chi connectivity index (χ0v) is 13.6. The van der Waals surface area contributed by atoms with Gasteiger partial charge in [0.25, 0.3) is 5.91 Å². The Labute approximate surface area is 133 Å². The average Bonchev–Trinajstić information content (AvgIpc) is 3.00. The van der Waals surface area contributed by atoms with E-state index >= 15 is 0 Å². The third-order valence-electron chi connectivity index (χ3n) is 3.00. The van der Waals surface area contributed by atoms with E-state index in [-0.39, 0.29) is 5.91 Å². The lowest BCUT2D eigenvalue weighted by Crippen LogP contribution is -2.27. The largest absolute Gasteiger partial charge is 0.497 e. The molecule has 1 amide bonds. The van der Waals surface area contributed by atoms with Crippen molar-refractivity contribution in [3.05, 3.63) is 34.8 Å². The highest BCUT2D eigenvalue weighted by atomic mass is 32.1. The van der Waals surface area contributed by atoms with E-state index in [0.717, 1.165) is 22.7 Å². The fraction of sp³-hybridized carbons (Fsp3) is 0.400. The van der Waals surface area contributed by atoms with Gasteiger partial charge in [-0.1, -0.05) is 30.4 Å². The highest BCUT2D eigenvalue weighted by molar-refractivity contribution is 7.15. The summed E-state index contributed by atoms with van der Waals surface area (Å²) in [7, 11) is 1.61. The molecule has 1 atom stereocenters. The number of carbonyl (C=O) groups excluding carboxylic acids is 1. The van der Waals surface area contributed by atoms with Crippen LogP contribution in [0.1, 0.15) is 24.4 Å². The zero-order chi connectivity index (χ0) is 15.9. The zero-order valence-electron chi connectivity index (χ0n) is 12.8. The summed E-state index contributed by atoms with van der Waals surface area (Å²) >= 11 is 1.37. The van der Waals surface area contributed by atoms with Crippen LogP contribution in [0.3, 0.4) is 0 Å². The Morgan fingerprint density at radius 2 is 2.23 bits per heavy atom. The number of benzene rings is 1. The highest BCUT2D eigenvalue weighted by Crippen LogP contribution is 2.17. The van der Waals surface area contributed by atoms with Crippen molar-refractivity contribution in [2.24, 2.45) is 0 Å². The molecule has 0 bridgehead atoms. The Bertz CT molecular complexity index is 630. The van der Waals surface area contributed by atoms with E-state index in [2.05, 4.69) is 15.5 Å². The average molecular weight is 321 g/mol. The molecular formula is C15H19N3O3S. The van der Waals surface area contributed by atoms with Crippen LogP contribution in [-0.2, 0) is 22.6 Å². The number of aromatic nitrogens is 2. The summed E-state index contributed by atoms with van der Waals surface area (Å²) in [5, 5.41) is 12.0. The predicted octanol–water partition coefficient (Wildman–Crippen LogP) is 2.65. The Kier molecular flexibility index (Phi) is 5.85. The van der Waals surface area contributed by atoms with Crippen LogP contribution in [0.15, 0.2) is 24.3 Å². The molecule has 0 saturated carbocycles.